The van der Waals surface area contributed by atoms with E-state index in [0.29, 0.717) is 12.0 Å². The Balaban J connectivity index is 1.54. The highest BCUT2D eigenvalue weighted by molar-refractivity contribution is 5.81. The molecule has 0 unspecified atom stereocenters. The van der Waals surface area contributed by atoms with Crippen molar-refractivity contribution in [1.82, 2.24) is 14.9 Å². The summed E-state index contributed by atoms with van der Waals surface area (Å²) >= 11 is 0. The van der Waals surface area contributed by atoms with Gasteiger partial charge in [0.25, 0.3) is 0 Å². The van der Waals surface area contributed by atoms with Gasteiger partial charge in [-0.25, -0.2) is 9.97 Å². The molecule has 0 spiro atoms. The average Bonchev–Trinajstić information content (AvgIpc) is 2.45. The van der Waals surface area contributed by atoms with Crippen LogP contribution in [0.2, 0.25) is 0 Å². The van der Waals surface area contributed by atoms with Gasteiger partial charge >= 0.3 is 0 Å². The summed E-state index contributed by atoms with van der Waals surface area (Å²) in [5, 5.41) is 3.53. The fourth-order valence-electron chi connectivity index (χ4n) is 3.29. The van der Waals surface area contributed by atoms with Gasteiger partial charge in [0.05, 0.1) is 0 Å². The third kappa shape index (κ3) is 3.82. The molecule has 1 saturated heterocycles. The molecule has 1 saturated carbocycles. The van der Waals surface area contributed by atoms with Gasteiger partial charge in [0, 0.05) is 42.2 Å². The highest BCUT2D eigenvalue weighted by Gasteiger charge is 2.30. The van der Waals surface area contributed by atoms with E-state index in [2.05, 4.69) is 21.4 Å². The Morgan fingerprint density at radius 3 is 2.43 bits per heavy atom. The summed E-state index contributed by atoms with van der Waals surface area (Å²) in [5.74, 6) is 1.82. The number of hydrogen-bond donors (Lipinski definition) is 1. The number of piperidine rings is 1. The number of hydrogen-bond acceptors (Lipinski definition) is 4. The van der Waals surface area contributed by atoms with E-state index < -0.39 is 0 Å². The number of nitrogens with zero attached hydrogens (tertiary/aromatic N) is 3. The zero-order chi connectivity index (χ0) is 16.4. The van der Waals surface area contributed by atoms with Crippen LogP contribution in [0.4, 0.5) is 5.82 Å². The fourth-order valence-corrected chi connectivity index (χ4v) is 3.29. The van der Waals surface area contributed by atoms with E-state index in [1.165, 1.54) is 25.0 Å². The van der Waals surface area contributed by atoms with Crippen molar-refractivity contribution >= 4 is 11.7 Å². The maximum atomic E-state index is 12.3. The Hall–Kier alpha value is -1.65. The normalized spacial score (nSPS) is 20.2. The molecule has 0 bridgehead atoms. The number of carbonyl (C=O) groups excluding carboxylic acids is 1. The van der Waals surface area contributed by atoms with Crippen LogP contribution >= 0.6 is 0 Å². The molecule has 3 rings (SSSR count). The van der Waals surface area contributed by atoms with Crippen molar-refractivity contribution in [1.29, 1.82) is 0 Å². The molecule has 1 aliphatic heterocycles. The van der Waals surface area contributed by atoms with E-state index in [1.807, 2.05) is 25.7 Å². The lowest BCUT2D eigenvalue weighted by atomic mass is 9.83. The molecule has 0 aromatic carbocycles. The van der Waals surface area contributed by atoms with Crippen molar-refractivity contribution in [2.75, 3.05) is 18.4 Å². The van der Waals surface area contributed by atoms with Gasteiger partial charge in [-0.3, -0.25) is 4.79 Å². The van der Waals surface area contributed by atoms with Gasteiger partial charge in [0.1, 0.15) is 12.1 Å². The number of amides is 1. The lowest BCUT2D eigenvalue weighted by Crippen LogP contribution is -2.46. The maximum absolute atomic E-state index is 12.3. The first-order chi connectivity index (χ1) is 10.9. The molecule has 126 valence electrons. The second kappa shape index (κ2) is 6.46. The summed E-state index contributed by atoms with van der Waals surface area (Å²) in [6.07, 6.45) is 7.45. The van der Waals surface area contributed by atoms with Gasteiger partial charge in [-0.15, -0.1) is 0 Å². The topological polar surface area (TPSA) is 58.1 Å². The molecule has 1 aromatic rings. The molecule has 0 radical (unpaired) electrons. The summed E-state index contributed by atoms with van der Waals surface area (Å²) in [7, 11) is 0. The molecule has 1 aromatic heterocycles. The van der Waals surface area contributed by atoms with Crippen molar-refractivity contribution < 1.29 is 4.79 Å². The molecular formula is C18H28N4O. The highest BCUT2D eigenvalue weighted by atomic mass is 16.2. The first-order valence-corrected chi connectivity index (χ1v) is 8.81. The van der Waals surface area contributed by atoms with E-state index in [-0.39, 0.29) is 11.3 Å². The predicted octanol–water partition coefficient (Wildman–Crippen LogP) is 3.19. The molecule has 1 amide bonds. The van der Waals surface area contributed by atoms with E-state index >= 15 is 0 Å². The van der Waals surface area contributed by atoms with Crippen LogP contribution < -0.4 is 5.32 Å². The molecule has 2 fully saturated rings. The standard InChI is InChI=1S/C18H28N4O/c1-18(2,3)17(23)22-9-7-14(8-10-22)21-16-11-15(19-12-20-16)13-5-4-6-13/h11-14H,4-10H2,1-3H3,(H,19,20,21). The molecule has 5 heteroatoms. The Kier molecular flexibility index (Phi) is 4.55. The molecule has 23 heavy (non-hydrogen) atoms. The molecule has 1 N–H and O–H groups in total. The van der Waals surface area contributed by atoms with Crippen LogP contribution in [0, 0.1) is 5.41 Å². The second-order valence-corrected chi connectivity index (χ2v) is 7.92. The van der Waals surface area contributed by atoms with Gasteiger partial charge in [-0.2, -0.15) is 0 Å². The van der Waals surface area contributed by atoms with Crippen molar-refractivity contribution in [2.24, 2.45) is 5.41 Å². The molecule has 1 aliphatic carbocycles. The van der Waals surface area contributed by atoms with Crippen LogP contribution in [0.1, 0.15) is 64.5 Å². The van der Waals surface area contributed by atoms with Gasteiger partial charge < -0.3 is 10.2 Å². The molecule has 2 aliphatic rings. The predicted molar refractivity (Wildman–Crippen MR) is 91.3 cm³/mol. The maximum Gasteiger partial charge on any atom is 0.227 e. The zero-order valence-electron chi connectivity index (χ0n) is 14.5. The average molecular weight is 316 g/mol. The Bertz CT molecular complexity index is 554. The quantitative estimate of drug-likeness (QED) is 0.930. The Labute approximate surface area is 138 Å². The van der Waals surface area contributed by atoms with E-state index in [9.17, 15) is 4.79 Å². The number of carbonyl (C=O) groups is 1. The molecule has 0 atom stereocenters. The molecule has 5 nitrogen and oxygen atoms in total. The van der Waals surface area contributed by atoms with Gasteiger partial charge in [-0.1, -0.05) is 27.2 Å². The van der Waals surface area contributed by atoms with Crippen LogP contribution in [0.3, 0.4) is 0 Å². The fraction of sp³-hybridized carbons (Fsp3) is 0.722. The van der Waals surface area contributed by atoms with E-state index in [4.69, 9.17) is 0 Å². The third-order valence-electron chi connectivity index (χ3n) is 4.99. The zero-order valence-corrected chi connectivity index (χ0v) is 14.5. The van der Waals surface area contributed by atoms with Crippen molar-refractivity contribution in [3.8, 4) is 0 Å². The summed E-state index contributed by atoms with van der Waals surface area (Å²) < 4.78 is 0. The number of likely N-dealkylation sites (tertiary alicyclic amines) is 1. The van der Waals surface area contributed by atoms with Crippen LogP contribution in [-0.4, -0.2) is 39.9 Å². The molecular weight excluding hydrogens is 288 g/mol. The lowest BCUT2D eigenvalue weighted by molar-refractivity contribution is -0.140. The first-order valence-electron chi connectivity index (χ1n) is 8.81. The SMILES string of the molecule is CC(C)(C)C(=O)N1CCC(Nc2cc(C3CCC3)ncn2)CC1. The number of nitrogens with one attached hydrogen (secondary N) is 1. The van der Waals surface area contributed by atoms with Gasteiger partial charge in [0.15, 0.2) is 0 Å². The van der Waals surface area contributed by atoms with Crippen LogP contribution in [0.25, 0.3) is 0 Å². The summed E-state index contributed by atoms with van der Waals surface area (Å²) in [6, 6.07) is 2.50. The van der Waals surface area contributed by atoms with E-state index in [1.54, 1.807) is 6.33 Å². The summed E-state index contributed by atoms with van der Waals surface area (Å²) in [6.45, 7) is 7.62. The largest absolute Gasteiger partial charge is 0.367 e. The van der Waals surface area contributed by atoms with Crippen molar-refractivity contribution in [3.63, 3.8) is 0 Å². The monoisotopic (exact) mass is 316 g/mol. The van der Waals surface area contributed by atoms with Crippen LogP contribution in [0.5, 0.6) is 0 Å². The van der Waals surface area contributed by atoms with Gasteiger partial charge in [0.2, 0.25) is 5.91 Å². The van der Waals surface area contributed by atoms with Gasteiger partial charge in [-0.05, 0) is 25.7 Å². The van der Waals surface area contributed by atoms with Crippen molar-refractivity contribution in [3.05, 3.63) is 18.1 Å². The number of aromatic nitrogens is 2. The highest BCUT2D eigenvalue weighted by Crippen LogP contribution is 2.35. The first kappa shape index (κ1) is 16.2. The number of anilines is 1. The lowest BCUT2D eigenvalue weighted by Gasteiger charge is -2.36. The van der Waals surface area contributed by atoms with Crippen LogP contribution in [-0.2, 0) is 4.79 Å². The Morgan fingerprint density at radius 1 is 1.17 bits per heavy atom. The number of rotatable bonds is 3. The smallest absolute Gasteiger partial charge is 0.227 e. The minimum atomic E-state index is -0.287. The van der Waals surface area contributed by atoms with Crippen LogP contribution in [0.15, 0.2) is 12.4 Å². The third-order valence-corrected chi connectivity index (χ3v) is 4.99. The Morgan fingerprint density at radius 2 is 1.87 bits per heavy atom. The second-order valence-electron chi connectivity index (χ2n) is 7.92. The van der Waals surface area contributed by atoms with Crippen molar-refractivity contribution in [2.45, 2.75) is 64.8 Å². The summed E-state index contributed by atoms with van der Waals surface area (Å²) in [4.78, 5) is 23.1. The minimum Gasteiger partial charge on any atom is -0.367 e. The summed E-state index contributed by atoms with van der Waals surface area (Å²) in [5.41, 5.74) is 0.888. The van der Waals surface area contributed by atoms with E-state index in [0.717, 1.165) is 31.7 Å². The molecule has 2 heterocycles. The minimum absolute atomic E-state index is 0.255.